The van der Waals surface area contributed by atoms with Crippen LogP contribution >= 0.6 is 11.6 Å². The van der Waals surface area contributed by atoms with E-state index in [1.165, 1.54) is 0 Å². The summed E-state index contributed by atoms with van der Waals surface area (Å²) in [6.45, 7) is -1.57. The van der Waals surface area contributed by atoms with Crippen LogP contribution in [0.25, 0.3) is 0 Å². The number of aromatic nitrogens is 2. The highest BCUT2D eigenvalue weighted by Crippen LogP contribution is 2.25. The highest BCUT2D eigenvalue weighted by molar-refractivity contribution is 6.30. The summed E-state index contributed by atoms with van der Waals surface area (Å²) in [6, 6.07) is 0. The van der Waals surface area contributed by atoms with Gasteiger partial charge in [-0.2, -0.15) is 13.2 Å². The molecule has 0 fully saturated rings. The molecule has 1 aliphatic carbocycles. The molecule has 0 spiro atoms. The number of alkyl halides is 3. The van der Waals surface area contributed by atoms with E-state index in [-0.39, 0.29) is 12.4 Å². The minimum absolute atomic E-state index is 0.218. The monoisotopic (exact) mass is 294 g/mol. The first-order valence-corrected chi connectivity index (χ1v) is 6.52. The average molecular weight is 295 g/mol. The molecule has 1 heterocycles. The largest absolute Gasteiger partial charge is 0.411 e. The molecular formula is C12H14ClF3N2O. The van der Waals surface area contributed by atoms with Crippen LogP contribution in [0.2, 0.25) is 5.15 Å². The highest BCUT2D eigenvalue weighted by atomic mass is 35.5. The number of nitrogens with zero attached hydrogens (tertiary/aromatic N) is 2. The van der Waals surface area contributed by atoms with Crippen molar-refractivity contribution in [2.75, 3.05) is 6.61 Å². The lowest BCUT2D eigenvalue weighted by molar-refractivity contribution is -0.177. The first-order valence-electron chi connectivity index (χ1n) is 6.14. The van der Waals surface area contributed by atoms with Gasteiger partial charge in [0.25, 0.3) is 0 Å². The molecule has 0 aromatic carbocycles. The van der Waals surface area contributed by atoms with Crippen molar-refractivity contribution >= 4 is 11.6 Å². The second kappa shape index (κ2) is 6.05. The molecule has 0 atom stereocenters. The van der Waals surface area contributed by atoms with Gasteiger partial charge >= 0.3 is 6.18 Å². The van der Waals surface area contributed by atoms with Gasteiger partial charge in [-0.15, -0.1) is 0 Å². The van der Waals surface area contributed by atoms with Crippen molar-refractivity contribution in [3.63, 3.8) is 0 Å². The second-order valence-electron chi connectivity index (χ2n) is 4.52. The SMILES string of the molecule is FC(F)(F)COCc1nc(Cl)c2c(n1)CCCCC2. The number of aryl methyl sites for hydroxylation is 1. The number of ether oxygens (including phenoxy) is 1. The van der Waals surface area contributed by atoms with Crippen molar-refractivity contribution in [1.29, 1.82) is 0 Å². The van der Waals surface area contributed by atoms with Crippen molar-refractivity contribution in [3.8, 4) is 0 Å². The zero-order valence-electron chi connectivity index (χ0n) is 10.3. The third-order valence-corrected chi connectivity index (χ3v) is 3.24. The fourth-order valence-electron chi connectivity index (χ4n) is 2.10. The highest BCUT2D eigenvalue weighted by Gasteiger charge is 2.27. The van der Waals surface area contributed by atoms with Crippen molar-refractivity contribution in [3.05, 3.63) is 22.2 Å². The molecule has 106 valence electrons. The number of halogens is 4. The molecule has 0 aliphatic heterocycles. The molecule has 1 aromatic heterocycles. The number of hydrogen-bond acceptors (Lipinski definition) is 3. The third-order valence-electron chi connectivity index (χ3n) is 2.93. The lowest BCUT2D eigenvalue weighted by Crippen LogP contribution is -2.17. The Labute approximate surface area is 114 Å². The van der Waals surface area contributed by atoms with Crippen molar-refractivity contribution < 1.29 is 17.9 Å². The Kier molecular flexibility index (Phi) is 4.62. The lowest BCUT2D eigenvalue weighted by Gasteiger charge is -2.10. The molecule has 0 amide bonds. The van der Waals surface area contributed by atoms with Crippen LogP contribution in [0, 0.1) is 0 Å². The van der Waals surface area contributed by atoms with E-state index in [0.29, 0.717) is 5.15 Å². The van der Waals surface area contributed by atoms with E-state index in [1.807, 2.05) is 0 Å². The van der Waals surface area contributed by atoms with Crippen LogP contribution in [-0.2, 0) is 24.2 Å². The van der Waals surface area contributed by atoms with Gasteiger partial charge in [-0.3, -0.25) is 0 Å². The molecule has 0 N–H and O–H groups in total. The van der Waals surface area contributed by atoms with Crippen molar-refractivity contribution in [2.45, 2.75) is 44.9 Å². The van der Waals surface area contributed by atoms with E-state index in [2.05, 4.69) is 14.7 Å². The van der Waals surface area contributed by atoms with E-state index in [4.69, 9.17) is 11.6 Å². The summed E-state index contributed by atoms with van der Waals surface area (Å²) in [6.07, 6.45) is 0.451. The summed E-state index contributed by atoms with van der Waals surface area (Å²) in [5.41, 5.74) is 1.78. The van der Waals surface area contributed by atoms with Crippen molar-refractivity contribution in [2.24, 2.45) is 0 Å². The second-order valence-corrected chi connectivity index (χ2v) is 4.88. The van der Waals surface area contributed by atoms with Gasteiger partial charge in [0.15, 0.2) is 5.82 Å². The Morgan fingerprint density at radius 3 is 2.58 bits per heavy atom. The molecule has 2 rings (SSSR count). The van der Waals surface area contributed by atoms with Crippen LogP contribution in [0.3, 0.4) is 0 Å². The molecule has 0 saturated heterocycles. The molecule has 0 radical (unpaired) electrons. The maximum Gasteiger partial charge on any atom is 0.411 e. The third kappa shape index (κ3) is 4.31. The van der Waals surface area contributed by atoms with Crippen LogP contribution in [-0.4, -0.2) is 22.8 Å². The fraction of sp³-hybridized carbons (Fsp3) is 0.667. The van der Waals surface area contributed by atoms with Gasteiger partial charge in [-0.05, 0) is 25.7 Å². The normalized spacial score (nSPS) is 16.0. The van der Waals surface area contributed by atoms with E-state index in [1.54, 1.807) is 0 Å². The molecule has 3 nitrogen and oxygen atoms in total. The Hall–Kier alpha value is -0.880. The van der Waals surface area contributed by atoms with E-state index in [9.17, 15) is 13.2 Å². The first kappa shape index (κ1) is 14.5. The van der Waals surface area contributed by atoms with Crippen LogP contribution < -0.4 is 0 Å². The van der Waals surface area contributed by atoms with Gasteiger partial charge in [-0.25, -0.2) is 9.97 Å². The summed E-state index contributed by atoms with van der Waals surface area (Å²) < 4.78 is 40.5. The molecular weight excluding hydrogens is 281 g/mol. The summed E-state index contributed by atoms with van der Waals surface area (Å²) >= 11 is 6.06. The number of rotatable bonds is 3. The Balaban J connectivity index is 2.06. The molecule has 19 heavy (non-hydrogen) atoms. The van der Waals surface area contributed by atoms with Gasteiger partial charge in [0, 0.05) is 11.3 Å². The van der Waals surface area contributed by atoms with E-state index >= 15 is 0 Å². The molecule has 0 saturated carbocycles. The minimum Gasteiger partial charge on any atom is -0.364 e. The van der Waals surface area contributed by atoms with Gasteiger partial charge in [-0.1, -0.05) is 18.0 Å². The standard InChI is InChI=1S/C12H14ClF3N2O/c13-11-8-4-2-1-3-5-9(8)17-10(18-11)6-19-7-12(14,15)16/h1-7H2. The summed E-state index contributed by atoms with van der Waals surface area (Å²) in [7, 11) is 0. The maximum atomic E-state index is 12.0. The summed E-state index contributed by atoms with van der Waals surface area (Å²) in [5.74, 6) is 0.218. The molecule has 0 bridgehead atoms. The number of fused-ring (bicyclic) bond motifs is 1. The number of hydrogen-bond donors (Lipinski definition) is 0. The maximum absolute atomic E-state index is 12.0. The summed E-state index contributed by atoms with van der Waals surface area (Å²) in [4.78, 5) is 8.28. The molecule has 7 heteroatoms. The predicted molar refractivity (Wildman–Crippen MR) is 64.0 cm³/mol. The van der Waals surface area contributed by atoms with Crippen LogP contribution in [0.15, 0.2) is 0 Å². The average Bonchev–Trinajstić information content (AvgIpc) is 2.52. The Morgan fingerprint density at radius 2 is 1.84 bits per heavy atom. The van der Waals surface area contributed by atoms with Gasteiger partial charge in [0.2, 0.25) is 0 Å². The van der Waals surface area contributed by atoms with Gasteiger partial charge in [0.1, 0.15) is 18.4 Å². The molecule has 1 aromatic rings. The van der Waals surface area contributed by atoms with Gasteiger partial charge < -0.3 is 4.74 Å². The first-order chi connectivity index (χ1) is 8.96. The quantitative estimate of drug-likeness (QED) is 0.632. The van der Waals surface area contributed by atoms with Crippen LogP contribution in [0.5, 0.6) is 0 Å². The minimum atomic E-state index is -4.34. The molecule has 1 aliphatic rings. The lowest BCUT2D eigenvalue weighted by atomic mass is 10.1. The Bertz CT molecular complexity index is 451. The van der Waals surface area contributed by atoms with E-state index < -0.39 is 12.8 Å². The predicted octanol–water partition coefficient (Wildman–Crippen LogP) is 3.48. The zero-order chi connectivity index (χ0) is 13.9. The zero-order valence-corrected chi connectivity index (χ0v) is 11.0. The fourth-order valence-corrected chi connectivity index (χ4v) is 2.40. The Morgan fingerprint density at radius 1 is 1.11 bits per heavy atom. The smallest absolute Gasteiger partial charge is 0.364 e. The van der Waals surface area contributed by atoms with Gasteiger partial charge in [0.05, 0.1) is 0 Å². The van der Waals surface area contributed by atoms with Crippen molar-refractivity contribution in [1.82, 2.24) is 9.97 Å². The van der Waals surface area contributed by atoms with Crippen LogP contribution in [0.4, 0.5) is 13.2 Å². The topological polar surface area (TPSA) is 35.0 Å². The molecule has 0 unspecified atom stereocenters. The summed E-state index contributed by atoms with van der Waals surface area (Å²) in [5, 5.41) is 0.345. The van der Waals surface area contributed by atoms with Crippen LogP contribution in [0.1, 0.15) is 36.3 Å². The van der Waals surface area contributed by atoms with E-state index in [0.717, 1.165) is 43.4 Å².